The van der Waals surface area contributed by atoms with Crippen molar-refractivity contribution in [1.82, 2.24) is 5.32 Å². The van der Waals surface area contributed by atoms with Crippen molar-refractivity contribution in [2.45, 2.75) is 44.8 Å². The highest BCUT2D eigenvalue weighted by atomic mass is 16.6. The summed E-state index contributed by atoms with van der Waals surface area (Å²) in [6.45, 7) is 6.67. The molecule has 6 nitrogen and oxygen atoms in total. The summed E-state index contributed by atoms with van der Waals surface area (Å²) in [5.41, 5.74) is -1.83. The first-order valence-corrected chi connectivity index (χ1v) is 6.52. The number of carbonyl (C=O) groups excluding carboxylic acids is 1. The van der Waals surface area contributed by atoms with E-state index in [0.717, 1.165) is 4.48 Å². The van der Waals surface area contributed by atoms with Crippen LogP contribution >= 0.6 is 0 Å². The Morgan fingerprint density at radius 3 is 2.05 bits per heavy atom. The number of carbonyl (C=O) groups is 2. The Bertz CT molecular complexity index is 361. The molecule has 0 aromatic rings. The number of amides is 1. The summed E-state index contributed by atoms with van der Waals surface area (Å²) in [4.78, 5) is 23.3. The second kappa shape index (κ2) is 5.00. The molecule has 0 aromatic carbocycles. The average Bonchev–Trinajstić information content (AvgIpc) is 2.18. The third kappa shape index (κ3) is 4.38. The van der Waals surface area contributed by atoms with Gasteiger partial charge >= 0.3 is 12.1 Å². The first kappa shape index (κ1) is 15.8. The molecule has 0 aliphatic carbocycles. The molecule has 19 heavy (non-hydrogen) atoms. The highest BCUT2D eigenvalue weighted by Gasteiger charge is 2.47. The summed E-state index contributed by atoms with van der Waals surface area (Å²) in [6.07, 6.45) is 0.158. The Hall–Kier alpha value is -1.30. The van der Waals surface area contributed by atoms with Gasteiger partial charge in [-0.25, -0.2) is 9.59 Å². The van der Waals surface area contributed by atoms with Crippen molar-refractivity contribution in [1.29, 1.82) is 0 Å². The minimum absolute atomic E-state index is 0.411. The van der Waals surface area contributed by atoms with Gasteiger partial charge in [-0.2, -0.15) is 0 Å². The van der Waals surface area contributed by atoms with Gasteiger partial charge in [0.15, 0.2) is 5.54 Å². The van der Waals surface area contributed by atoms with E-state index in [9.17, 15) is 14.7 Å². The highest BCUT2D eigenvalue weighted by Crippen LogP contribution is 2.25. The van der Waals surface area contributed by atoms with Crippen LogP contribution in [-0.2, 0) is 9.53 Å². The van der Waals surface area contributed by atoms with Crippen LogP contribution < -0.4 is 5.32 Å². The van der Waals surface area contributed by atoms with E-state index in [4.69, 9.17) is 4.74 Å². The van der Waals surface area contributed by atoms with E-state index in [1.807, 2.05) is 0 Å². The van der Waals surface area contributed by atoms with Crippen molar-refractivity contribution in [3.05, 3.63) is 0 Å². The minimum Gasteiger partial charge on any atom is -0.479 e. The van der Waals surface area contributed by atoms with E-state index >= 15 is 0 Å². The Morgan fingerprint density at radius 1 is 1.21 bits per heavy atom. The highest BCUT2D eigenvalue weighted by molar-refractivity contribution is 5.84. The van der Waals surface area contributed by atoms with Crippen LogP contribution in [-0.4, -0.2) is 60.0 Å². The van der Waals surface area contributed by atoms with Crippen LogP contribution in [0.4, 0.5) is 4.79 Å². The number of rotatable bonds is 2. The molecule has 0 aromatic heterocycles. The second-order valence-electron chi connectivity index (χ2n) is 6.90. The molecule has 1 rings (SSSR count). The van der Waals surface area contributed by atoms with Gasteiger partial charge in [-0.3, -0.25) is 0 Å². The molecule has 110 valence electrons. The van der Waals surface area contributed by atoms with Crippen LogP contribution in [0, 0.1) is 0 Å². The summed E-state index contributed by atoms with van der Waals surface area (Å²) in [5, 5.41) is 12.0. The molecular weight excluding hydrogens is 248 g/mol. The largest absolute Gasteiger partial charge is 0.479 e. The predicted octanol–water partition coefficient (Wildman–Crippen LogP) is 1.20. The molecule has 0 saturated carbocycles. The number of piperidine rings is 1. The third-order valence-corrected chi connectivity index (χ3v) is 3.44. The van der Waals surface area contributed by atoms with Gasteiger partial charge in [-0.05, 0) is 20.8 Å². The van der Waals surface area contributed by atoms with Crippen molar-refractivity contribution >= 4 is 12.1 Å². The van der Waals surface area contributed by atoms with E-state index in [1.165, 1.54) is 0 Å². The molecule has 0 spiro atoms. The van der Waals surface area contributed by atoms with Crippen LogP contribution in [0.15, 0.2) is 0 Å². The number of ether oxygens (including phenoxy) is 1. The molecule has 0 bridgehead atoms. The van der Waals surface area contributed by atoms with Crippen molar-refractivity contribution in [3.63, 3.8) is 0 Å². The molecule has 6 heteroatoms. The molecule has 0 unspecified atom stereocenters. The number of carboxylic acids is 1. The normalized spacial score (nSPS) is 21.5. The molecule has 1 saturated heterocycles. The number of hydrogen-bond donors (Lipinski definition) is 2. The predicted molar refractivity (Wildman–Crippen MR) is 70.8 cm³/mol. The standard InChI is InChI=1S/C13H24N2O4/c1-12(2,3)19-11(18)14-13(10(16)17)6-8-15(4,5)9-7-13/h6-9H2,1-5H3,(H-,14,16,17,18)/p+1. The fraction of sp³-hybridized carbons (Fsp3) is 0.846. The zero-order valence-electron chi connectivity index (χ0n) is 12.4. The van der Waals surface area contributed by atoms with E-state index in [-0.39, 0.29) is 0 Å². The molecule has 0 radical (unpaired) electrons. The number of alkyl carbamates (subject to hydrolysis) is 1. The van der Waals surface area contributed by atoms with Crippen molar-refractivity contribution in [2.75, 3.05) is 27.2 Å². The van der Waals surface area contributed by atoms with Crippen LogP contribution in [0.3, 0.4) is 0 Å². The molecule has 1 aliphatic heterocycles. The number of nitrogens with one attached hydrogen (secondary N) is 1. The smallest absolute Gasteiger partial charge is 0.408 e. The number of likely N-dealkylation sites (tertiary alicyclic amines) is 1. The molecular formula is C13H25N2O4+. The Balaban J connectivity index is 2.75. The van der Waals surface area contributed by atoms with Crippen LogP contribution in [0.1, 0.15) is 33.6 Å². The molecule has 0 atom stereocenters. The first-order valence-electron chi connectivity index (χ1n) is 6.52. The van der Waals surface area contributed by atoms with Gasteiger partial charge in [0.2, 0.25) is 0 Å². The van der Waals surface area contributed by atoms with Crippen molar-refractivity contribution in [3.8, 4) is 0 Å². The van der Waals surface area contributed by atoms with Crippen LogP contribution in [0.25, 0.3) is 0 Å². The third-order valence-electron chi connectivity index (χ3n) is 3.44. The Kier molecular flexibility index (Phi) is 4.14. The Morgan fingerprint density at radius 2 is 1.68 bits per heavy atom. The number of aliphatic carboxylic acids is 1. The van der Waals surface area contributed by atoms with Crippen LogP contribution in [0.5, 0.6) is 0 Å². The van der Waals surface area contributed by atoms with Gasteiger partial charge in [0.1, 0.15) is 5.60 Å². The van der Waals surface area contributed by atoms with Gasteiger partial charge in [-0.15, -0.1) is 0 Å². The molecule has 2 N–H and O–H groups in total. The molecule has 1 aliphatic rings. The summed E-state index contributed by atoms with van der Waals surface area (Å²) in [6, 6.07) is 0. The second-order valence-corrected chi connectivity index (χ2v) is 6.90. The van der Waals surface area contributed by atoms with Gasteiger partial charge in [0.25, 0.3) is 0 Å². The lowest BCUT2D eigenvalue weighted by Gasteiger charge is -2.42. The van der Waals surface area contributed by atoms with E-state index in [1.54, 1.807) is 20.8 Å². The fourth-order valence-corrected chi connectivity index (χ4v) is 2.12. The topological polar surface area (TPSA) is 75.6 Å². The summed E-state index contributed by atoms with van der Waals surface area (Å²) >= 11 is 0. The van der Waals surface area contributed by atoms with Crippen LogP contribution in [0.2, 0.25) is 0 Å². The van der Waals surface area contributed by atoms with Crippen molar-refractivity contribution in [2.24, 2.45) is 0 Å². The number of carboxylic acid groups (broad SMARTS) is 1. The SMILES string of the molecule is CC(C)(C)OC(=O)NC1(C(=O)O)CC[N+](C)(C)CC1. The number of quaternary nitrogens is 1. The van der Waals surface area contributed by atoms with Gasteiger partial charge in [-0.1, -0.05) is 0 Å². The number of hydrogen-bond acceptors (Lipinski definition) is 3. The lowest BCUT2D eigenvalue weighted by molar-refractivity contribution is -0.896. The van der Waals surface area contributed by atoms with E-state index < -0.39 is 23.2 Å². The van der Waals surface area contributed by atoms with Crippen molar-refractivity contribution < 1.29 is 23.9 Å². The molecule has 1 fully saturated rings. The van der Waals surface area contributed by atoms with E-state index in [2.05, 4.69) is 19.4 Å². The maximum Gasteiger partial charge on any atom is 0.408 e. The molecule has 1 heterocycles. The zero-order chi connectivity index (χ0) is 14.9. The lowest BCUT2D eigenvalue weighted by atomic mass is 9.87. The van der Waals surface area contributed by atoms with Gasteiger partial charge < -0.3 is 19.6 Å². The van der Waals surface area contributed by atoms with Gasteiger partial charge in [0.05, 0.1) is 27.2 Å². The summed E-state index contributed by atoms with van der Waals surface area (Å²) < 4.78 is 5.92. The quantitative estimate of drug-likeness (QED) is 0.741. The lowest BCUT2D eigenvalue weighted by Crippen LogP contribution is -2.63. The number of nitrogens with zero attached hydrogens (tertiary/aromatic N) is 1. The average molecular weight is 273 g/mol. The Labute approximate surface area is 114 Å². The fourth-order valence-electron chi connectivity index (χ4n) is 2.12. The van der Waals surface area contributed by atoms with E-state index in [0.29, 0.717) is 25.9 Å². The first-order chi connectivity index (χ1) is 8.46. The molecule has 1 amide bonds. The maximum absolute atomic E-state index is 11.8. The monoisotopic (exact) mass is 273 g/mol. The minimum atomic E-state index is -1.20. The summed E-state index contributed by atoms with van der Waals surface area (Å²) in [7, 11) is 4.11. The maximum atomic E-state index is 11.8. The zero-order valence-corrected chi connectivity index (χ0v) is 12.4. The van der Waals surface area contributed by atoms with Gasteiger partial charge in [0, 0.05) is 12.8 Å². The summed E-state index contributed by atoms with van der Waals surface area (Å²) in [5.74, 6) is -0.988.